The van der Waals surface area contributed by atoms with Crippen LogP contribution in [0.4, 0.5) is 11.4 Å². The first-order valence-corrected chi connectivity index (χ1v) is 10.9. The van der Waals surface area contributed by atoms with Crippen molar-refractivity contribution in [3.63, 3.8) is 0 Å². The van der Waals surface area contributed by atoms with Crippen LogP contribution in [-0.4, -0.2) is 25.5 Å². The smallest absolute Gasteiger partial charge is 0.282 e. The van der Waals surface area contributed by atoms with Gasteiger partial charge in [0.15, 0.2) is 0 Å². The number of hydrogen-bond acceptors (Lipinski definition) is 5. The molecular formula is C26H23ClN2O4. The summed E-state index contributed by atoms with van der Waals surface area (Å²) in [6, 6.07) is 20.9. The molecule has 0 radical (unpaired) electrons. The molecule has 0 unspecified atom stereocenters. The van der Waals surface area contributed by atoms with Crippen LogP contribution in [0.15, 0.2) is 78.5 Å². The summed E-state index contributed by atoms with van der Waals surface area (Å²) in [5.74, 6) is 0.329. The third-order valence-corrected chi connectivity index (χ3v) is 5.36. The second kappa shape index (κ2) is 9.79. The number of amides is 2. The molecule has 0 spiro atoms. The van der Waals surface area contributed by atoms with Gasteiger partial charge in [-0.25, -0.2) is 4.90 Å². The summed E-state index contributed by atoms with van der Waals surface area (Å²) in [7, 11) is 1.53. The van der Waals surface area contributed by atoms with Crippen molar-refractivity contribution < 1.29 is 19.1 Å². The number of carbonyl (C=O) groups is 2. The quantitative estimate of drug-likeness (QED) is 0.445. The molecule has 7 heteroatoms. The first kappa shape index (κ1) is 22.4. The number of nitrogens with zero attached hydrogens (tertiary/aromatic N) is 1. The van der Waals surface area contributed by atoms with Gasteiger partial charge in [0.1, 0.15) is 17.2 Å². The highest BCUT2D eigenvalue weighted by atomic mass is 35.5. The molecule has 3 aromatic carbocycles. The van der Waals surface area contributed by atoms with Gasteiger partial charge in [-0.2, -0.15) is 0 Å². The van der Waals surface area contributed by atoms with Gasteiger partial charge in [0.25, 0.3) is 11.8 Å². The molecule has 3 aromatic rings. The lowest BCUT2D eigenvalue weighted by molar-refractivity contribution is -0.120. The molecule has 6 nitrogen and oxygen atoms in total. The van der Waals surface area contributed by atoms with Crippen LogP contribution in [-0.2, 0) is 9.59 Å². The van der Waals surface area contributed by atoms with Crippen LogP contribution in [0.3, 0.4) is 0 Å². The Morgan fingerprint density at radius 1 is 0.909 bits per heavy atom. The predicted molar refractivity (Wildman–Crippen MR) is 130 cm³/mol. The van der Waals surface area contributed by atoms with Crippen molar-refractivity contribution >= 4 is 40.4 Å². The van der Waals surface area contributed by atoms with E-state index in [-0.39, 0.29) is 11.3 Å². The minimum atomic E-state index is -0.460. The largest absolute Gasteiger partial charge is 0.497 e. The number of carbonyl (C=O) groups excluding carboxylic acids is 2. The van der Waals surface area contributed by atoms with Crippen molar-refractivity contribution in [2.24, 2.45) is 0 Å². The van der Waals surface area contributed by atoms with Crippen LogP contribution in [0.5, 0.6) is 11.5 Å². The average molecular weight is 463 g/mol. The Morgan fingerprint density at radius 2 is 1.64 bits per heavy atom. The van der Waals surface area contributed by atoms with Crippen LogP contribution in [0.2, 0.25) is 5.02 Å². The summed E-state index contributed by atoms with van der Waals surface area (Å²) in [5, 5.41) is 3.69. The lowest BCUT2D eigenvalue weighted by Gasteiger charge is -2.16. The summed E-state index contributed by atoms with van der Waals surface area (Å²) < 4.78 is 11.0. The summed E-state index contributed by atoms with van der Waals surface area (Å²) >= 11 is 6.04. The number of imide groups is 1. The molecule has 0 saturated heterocycles. The molecule has 0 aromatic heterocycles. The maximum atomic E-state index is 13.5. The fourth-order valence-corrected chi connectivity index (χ4v) is 3.67. The van der Waals surface area contributed by atoms with Crippen LogP contribution < -0.4 is 19.7 Å². The van der Waals surface area contributed by atoms with E-state index in [0.717, 1.165) is 11.3 Å². The van der Waals surface area contributed by atoms with E-state index in [4.69, 9.17) is 21.1 Å². The zero-order valence-corrected chi connectivity index (χ0v) is 19.1. The van der Waals surface area contributed by atoms with E-state index in [2.05, 4.69) is 5.32 Å². The Hall–Kier alpha value is -3.77. The zero-order valence-electron chi connectivity index (χ0n) is 18.3. The summed E-state index contributed by atoms with van der Waals surface area (Å²) in [5.41, 5.74) is 2.09. The van der Waals surface area contributed by atoms with Crippen molar-refractivity contribution in [3.8, 4) is 11.5 Å². The van der Waals surface area contributed by atoms with Crippen LogP contribution in [0.25, 0.3) is 5.57 Å². The van der Waals surface area contributed by atoms with Crippen molar-refractivity contribution in [1.29, 1.82) is 0 Å². The van der Waals surface area contributed by atoms with Gasteiger partial charge in [0.2, 0.25) is 0 Å². The lowest BCUT2D eigenvalue weighted by atomic mass is 10.0. The molecule has 0 fully saturated rings. The van der Waals surface area contributed by atoms with Crippen molar-refractivity contribution in [2.45, 2.75) is 13.3 Å². The number of ether oxygens (including phenoxy) is 2. The Balaban J connectivity index is 1.76. The van der Waals surface area contributed by atoms with Gasteiger partial charge >= 0.3 is 0 Å². The van der Waals surface area contributed by atoms with Crippen molar-refractivity contribution in [3.05, 3.63) is 89.1 Å². The third kappa shape index (κ3) is 4.71. The lowest BCUT2D eigenvalue weighted by Crippen LogP contribution is -2.32. The first-order valence-electron chi connectivity index (χ1n) is 10.5. The van der Waals surface area contributed by atoms with E-state index >= 15 is 0 Å². The van der Waals surface area contributed by atoms with E-state index in [1.807, 2.05) is 25.1 Å². The molecule has 33 heavy (non-hydrogen) atoms. The number of rotatable bonds is 8. The molecule has 168 valence electrons. The van der Waals surface area contributed by atoms with Crippen molar-refractivity contribution in [2.75, 3.05) is 23.9 Å². The second-order valence-electron chi connectivity index (χ2n) is 7.41. The zero-order chi connectivity index (χ0) is 23.4. The summed E-state index contributed by atoms with van der Waals surface area (Å²) in [6.07, 6.45) is 0.881. The molecule has 0 bridgehead atoms. The molecular weight excluding hydrogens is 440 g/mol. The van der Waals surface area contributed by atoms with Crippen LogP contribution >= 0.6 is 11.6 Å². The Bertz CT molecular complexity index is 1220. The third-order valence-electron chi connectivity index (χ3n) is 5.10. The molecule has 0 atom stereocenters. The van der Waals surface area contributed by atoms with E-state index in [9.17, 15) is 9.59 Å². The predicted octanol–water partition coefficient (Wildman–Crippen LogP) is 5.53. The number of nitrogens with one attached hydrogen (secondary N) is 1. The maximum absolute atomic E-state index is 13.5. The number of anilines is 2. The number of benzene rings is 3. The Kier molecular flexibility index (Phi) is 6.66. The van der Waals surface area contributed by atoms with E-state index in [0.29, 0.717) is 40.1 Å². The van der Waals surface area contributed by atoms with Gasteiger partial charge in [0, 0.05) is 22.8 Å². The monoisotopic (exact) mass is 462 g/mol. The van der Waals surface area contributed by atoms with Gasteiger partial charge in [0.05, 0.1) is 25.0 Å². The Labute approximate surface area is 197 Å². The topological polar surface area (TPSA) is 67.9 Å². The van der Waals surface area contributed by atoms with Crippen LogP contribution in [0.1, 0.15) is 18.9 Å². The molecule has 4 rings (SSSR count). The first-order chi connectivity index (χ1) is 16.0. The fourth-order valence-electron chi connectivity index (χ4n) is 3.54. The average Bonchev–Trinajstić information content (AvgIpc) is 3.07. The minimum Gasteiger partial charge on any atom is -0.497 e. The van der Waals surface area contributed by atoms with E-state index in [1.54, 1.807) is 54.6 Å². The highest BCUT2D eigenvalue weighted by molar-refractivity contribution is 6.46. The standard InChI is InChI=1S/C26H23ClN2O4/c1-3-14-33-22-9-4-6-19(15-22)28-24-23(17-10-12-18(27)13-11-17)25(30)29(26(24)31)20-7-5-8-21(16-20)32-2/h4-13,15-16,28H,3,14H2,1-2H3. The summed E-state index contributed by atoms with van der Waals surface area (Å²) in [4.78, 5) is 28.2. The normalized spacial score (nSPS) is 13.5. The maximum Gasteiger partial charge on any atom is 0.282 e. The van der Waals surface area contributed by atoms with Gasteiger partial charge < -0.3 is 14.8 Å². The van der Waals surface area contributed by atoms with Gasteiger partial charge in [-0.05, 0) is 48.4 Å². The molecule has 0 aliphatic carbocycles. The minimum absolute atomic E-state index is 0.179. The SMILES string of the molecule is CCCOc1cccc(NC2=C(c3ccc(Cl)cc3)C(=O)N(c3cccc(OC)c3)C2=O)c1. The molecule has 1 aliphatic heterocycles. The number of hydrogen-bond donors (Lipinski definition) is 1. The summed E-state index contributed by atoms with van der Waals surface area (Å²) in [6.45, 7) is 2.62. The van der Waals surface area contributed by atoms with Gasteiger partial charge in [-0.15, -0.1) is 0 Å². The Morgan fingerprint density at radius 3 is 2.36 bits per heavy atom. The molecule has 0 saturated carbocycles. The highest BCUT2D eigenvalue weighted by Gasteiger charge is 2.40. The second-order valence-corrected chi connectivity index (χ2v) is 7.84. The molecule has 1 aliphatic rings. The number of methoxy groups -OCH3 is 1. The van der Waals surface area contributed by atoms with E-state index in [1.165, 1.54) is 7.11 Å². The van der Waals surface area contributed by atoms with Crippen LogP contribution in [0, 0.1) is 0 Å². The van der Waals surface area contributed by atoms with Gasteiger partial charge in [-0.3, -0.25) is 9.59 Å². The van der Waals surface area contributed by atoms with Crippen molar-refractivity contribution in [1.82, 2.24) is 0 Å². The molecule has 2 amide bonds. The van der Waals surface area contributed by atoms with E-state index < -0.39 is 11.8 Å². The molecule has 1 N–H and O–H groups in total. The fraction of sp³-hybridized carbons (Fsp3) is 0.154. The highest BCUT2D eigenvalue weighted by Crippen LogP contribution is 2.35. The number of halogens is 1. The van der Waals surface area contributed by atoms with Gasteiger partial charge in [-0.1, -0.05) is 42.8 Å². The molecule has 1 heterocycles.